The maximum Gasteiger partial charge on any atom is 0.339 e. The number of fused-ring (bicyclic) bond motifs is 1. The summed E-state index contributed by atoms with van der Waals surface area (Å²) in [5.41, 5.74) is 0.907. The number of nitrogens with zero attached hydrogens (tertiary/aromatic N) is 4. The molecule has 2 N–H and O–H groups in total. The fourth-order valence-corrected chi connectivity index (χ4v) is 2.08. The number of nitrogens with one attached hydrogen (secondary N) is 1. The van der Waals surface area contributed by atoms with Gasteiger partial charge in [0.25, 0.3) is 0 Å². The topological polar surface area (TPSA) is 100 Å². The number of carbonyl (C=O) groups excluding carboxylic acids is 1. The summed E-state index contributed by atoms with van der Waals surface area (Å²) in [5, 5.41) is 16.9. The van der Waals surface area contributed by atoms with E-state index in [1.165, 1.54) is 17.3 Å². The highest BCUT2D eigenvalue weighted by atomic mass is 16.4. The highest BCUT2D eigenvalue weighted by Gasteiger charge is 2.21. The Balaban J connectivity index is 2.52. The van der Waals surface area contributed by atoms with Gasteiger partial charge in [-0.05, 0) is 6.92 Å². The summed E-state index contributed by atoms with van der Waals surface area (Å²) >= 11 is 0. The van der Waals surface area contributed by atoms with Gasteiger partial charge in [0.15, 0.2) is 5.65 Å². The number of amides is 1. The summed E-state index contributed by atoms with van der Waals surface area (Å²) < 4.78 is 1.55. The van der Waals surface area contributed by atoms with Crippen molar-refractivity contribution in [2.45, 2.75) is 13.0 Å². The molecule has 1 atom stereocenters. The van der Waals surface area contributed by atoms with Gasteiger partial charge in [0.2, 0.25) is 5.91 Å². The van der Waals surface area contributed by atoms with Crippen LogP contribution in [0.2, 0.25) is 0 Å². The first kappa shape index (κ1) is 14.8. The van der Waals surface area contributed by atoms with Crippen LogP contribution in [0.15, 0.2) is 12.4 Å². The quantitative estimate of drug-likeness (QED) is 0.853. The summed E-state index contributed by atoms with van der Waals surface area (Å²) in [6.07, 6.45) is 2.80. The van der Waals surface area contributed by atoms with Crippen LogP contribution in [0.1, 0.15) is 17.3 Å². The molecular formula is C13H17N5O3. The molecule has 1 unspecified atom stereocenters. The second-order valence-corrected chi connectivity index (χ2v) is 4.96. The standard InChI is InChI=1S/C13H17N5O3/c1-7(12(19)17(2)3)16-10-8-6-15-18(4)11(8)14-5-9(10)13(20)21/h5-7H,1-4H3,(H,14,16)(H,20,21). The predicted octanol–water partition coefficient (Wildman–Crippen LogP) is 0.555. The van der Waals surface area contributed by atoms with Crippen LogP contribution in [0.3, 0.4) is 0 Å². The molecule has 0 radical (unpaired) electrons. The first-order valence-electron chi connectivity index (χ1n) is 6.34. The highest BCUT2D eigenvalue weighted by Crippen LogP contribution is 2.26. The molecule has 2 aromatic rings. The first-order chi connectivity index (χ1) is 9.82. The van der Waals surface area contributed by atoms with Crippen molar-refractivity contribution in [3.63, 3.8) is 0 Å². The molecule has 0 aliphatic rings. The molecule has 2 heterocycles. The van der Waals surface area contributed by atoms with E-state index in [9.17, 15) is 14.7 Å². The van der Waals surface area contributed by atoms with Gasteiger partial charge in [-0.25, -0.2) is 9.78 Å². The van der Waals surface area contributed by atoms with Crippen molar-refractivity contribution >= 4 is 28.6 Å². The van der Waals surface area contributed by atoms with Gasteiger partial charge in [-0.15, -0.1) is 0 Å². The molecule has 0 spiro atoms. The zero-order valence-electron chi connectivity index (χ0n) is 12.3. The number of pyridine rings is 1. The van der Waals surface area contributed by atoms with Gasteiger partial charge < -0.3 is 15.3 Å². The van der Waals surface area contributed by atoms with Crippen molar-refractivity contribution in [1.82, 2.24) is 19.7 Å². The third-order valence-electron chi connectivity index (χ3n) is 3.16. The lowest BCUT2D eigenvalue weighted by atomic mass is 10.1. The van der Waals surface area contributed by atoms with Gasteiger partial charge >= 0.3 is 5.97 Å². The average Bonchev–Trinajstić information content (AvgIpc) is 2.79. The number of hydrogen-bond acceptors (Lipinski definition) is 5. The minimum Gasteiger partial charge on any atom is -0.478 e. The number of aromatic nitrogens is 3. The largest absolute Gasteiger partial charge is 0.478 e. The van der Waals surface area contributed by atoms with Crippen LogP contribution in [0, 0.1) is 0 Å². The van der Waals surface area contributed by atoms with Crippen LogP contribution < -0.4 is 5.32 Å². The summed E-state index contributed by atoms with van der Waals surface area (Å²) in [7, 11) is 5.00. The van der Waals surface area contributed by atoms with Crippen molar-refractivity contribution in [3.8, 4) is 0 Å². The number of anilines is 1. The summed E-state index contributed by atoms with van der Waals surface area (Å²) in [6.45, 7) is 1.68. The molecule has 0 bridgehead atoms. The lowest BCUT2D eigenvalue weighted by Gasteiger charge is -2.20. The number of carboxylic acids is 1. The summed E-state index contributed by atoms with van der Waals surface area (Å²) in [4.78, 5) is 28.8. The van der Waals surface area contributed by atoms with E-state index in [1.807, 2.05) is 0 Å². The maximum absolute atomic E-state index is 11.9. The Kier molecular flexibility index (Phi) is 3.79. The van der Waals surface area contributed by atoms with Crippen LogP contribution in [0.5, 0.6) is 0 Å². The fraction of sp³-hybridized carbons (Fsp3) is 0.385. The molecule has 1 amide bonds. The zero-order chi connectivity index (χ0) is 15.7. The van der Waals surface area contributed by atoms with Gasteiger partial charge in [0.05, 0.1) is 17.3 Å². The van der Waals surface area contributed by atoms with Crippen LogP contribution in [0.25, 0.3) is 11.0 Å². The van der Waals surface area contributed by atoms with Crippen molar-refractivity contribution in [1.29, 1.82) is 0 Å². The molecule has 0 aliphatic carbocycles. The van der Waals surface area contributed by atoms with E-state index < -0.39 is 12.0 Å². The lowest BCUT2D eigenvalue weighted by molar-refractivity contribution is -0.129. The van der Waals surface area contributed by atoms with Crippen LogP contribution in [-0.4, -0.2) is 56.8 Å². The molecule has 112 valence electrons. The van der Waals surface area contributed by atoms with Crippen molar-refractivity contribution in [2.75, 3.05) is 19.4 Å². The van der Waals surface area contributed by atoms with Crippen molar-refractivity contribution in [2.24, 2.45) is 7.05 Å². The van der Waals surface area contributed by atoms with Gasteiger partial charge in [0.1, 0.15) is 11.6 Å². The molecule has 2 rings (SSSR count). The van der Waals surface area contributed by atoms with E-state index in [4.69, 9.17) is 0 Å². The Bertz CT molecular complexity index is 707. The van der Waals surface area contributed by atoms with Gasteiger partial charge in [0, 0.05) is 27.3 Å². The Hall–Kier alpha value is -2.64. The Morgan fingerprint density at radius 1 is 1.38 bits per heavy atom. The van der Waals surface area contributed by atoms with E-state index >= 15 is 0 Å². The number of rotatable bonds is 4. The molecule has 0 fully saturated rings. The zero-order valence-corrected chi connectivity index (χ0v) is 12.3. The van der Waals surface area contributed by atoms with E-state index in [-0.39, 0.29) is 11.5 Å². The smallest absolute Gasteiger partial charge is 0.339 e. The molecular weight excluding hydrogens is 274 g/mol. The molecule has 21 heavy (non-hydrogen) atoms. The van der Waals surface area contributed by atoms with Crippen LogP contribution in [0.4, 0.5) is 5.69 Å². The summed E-state index contributed by atoms with van der Waals surface area (Å²) in [5.74, 6) is -1.26. The molecule has 0 saturated carbocycles. The second-order valence-electron chi connectivity index (χ2n) is 4.96. The Morgan fingerprint density at radius 3 is 2.62 bits per heavy atom. The van der Waals surface area contributed by atoms with Crippen molar-refractivity contribution in [3.05, 3.63) is 18.0 Å². The molecule has 8 heteroatoms. The minimum absolute atomic E-state index is 0.00825. The normalized spacial score (nSPS) is 12.2. The molecule has 0 aliphatic heterocycles. The van der Waals surface area contributed by atoms with E-state index in [0.717, 1.165) is 0 Å². The monoisotopic (exact) mass is 291 g/mol. The molecule has 2 aromatic heterocycles. The average molecular weight is 291 g/mol. The summed E-state index contributed by atoms with van der Waals surface area (Å²) in [6, 6.07) is -0.566. The van der Waals surface area contributed by atoms with Crippen LogP contribution >= 0.6 is 0 Å². The van der Waals surface area contributed by atoms with Crippen LogP contribution in [-0.2, 0) is 11.8 Å². The molecule has 0 aromatic carbocycles. The van der Waals surface area contributed by atoms with Gasteiger partial charge in [-0.1, -0.05) is 0 Å². The predicted molar refractivity (Wildman–Crippen MR) is 77.2 cm³/mol. The number of aromatic carboxylic acids is 1. The van der Waals surface area contributed by atoms with E-state index in [0.29, 0.717) is 16.7 Å². The molecule has 0 saturated heterocycles. The lowest BCUT2D eigenvalue weighted by Crippen LogP contribution is -2.37. The number of carbonyl (C=O) groups is 2. The fourth-order valence-electron chi connectivity index (χ4n) is 2.08. The van der Waals surface area contributed by atoms with E-state index in [2.05, 4.69) is 15.4 Å². The molecule has 8 nitrogen and oxygen atoms in total. The SMILES string of the molecule is CC(Nc1c(C(=O)O)cnc2c1cnn2C)C(=O)N(C)C. The second kappa shape index (κ2) is 5.39. The van der Waals surface area contributed by atoms with Gasteiger partial charge in [-0.2, -0.15) is 5.10 Å². The first-order valence-corrected chi connectivity index (χ1v) is 6.34. The van der Waals surface area contributed by atoms with Crippen molar-refractivity contribution < 1.29 is 14.7 Å². The Labute approximate surface area is 121 Å². The number of carboxylic acid groups (broad SMARTS) is 1. The third kappa shape index (κ3) is 2.64. The Morgan fingerprint density at radius 2 is 2.05 bits per heavy atom. The number of likely N-dealkylation sites (N-methyl/N-ethyl adjacent to an activating group) is 1. The minimum atomic E-state index is -1.11. The third-order valence-corrected chi connectivity index (χ3v) is 3.16. The number of aryl methyl sites for hydroxylation is 1. The maximum atomic E-state index is 11.9. The highest BCUT2D eigenvalue weighted by molar-refractivity contribution is 6.04. The van der Waals surface area contributed by atoms with E-state index in [1.54, 1.807) is 32.7 Å². The van der Waals surface area contributed by atoms with Gasteiger partial charge in [-0.3, -0.25) is 9.48 Å². The number of hydrogen-bond donors (Lipinski definition) is 2.